The van der Waals surface area contributed by atoms with Crippen molar-refractivity contribution in [2.45, 2.75) is 13.5 Å². The van der Waals surface area contributed by atoms with Crippen LogP contribution in [0.1, 0.15) is 23.0 Å². The van der Waals surface area contributed by atoms with Gasteiger partial charge in [-0.05, 0) is 19.1 Å². The van der Waals surface area contributed by atoms with Crippen molar-refractivity contribution in [3.63, 3.8) is 0 Å². The highest BCUT2D eigenvalue weighted by molar-refractivity contribution is 6.34. The van der Waals surface area contributed by atoms with Gasteiger partial charge in [0.2, 0.25) is 5.78 Å². The monoisotopic (exact) mass is 291 g/mol. The molecule has 1 aromatic heterocycles. The molecule has 0 bridgehead atoms. The lowest BCUT2D eigenvalue weighted by molar-refractivity contribution is 0.102. The molecule has 0 fully saturated rings. The maximum absolute atomic E-state index is 12.7. The van der Waals surface area contributed by atoms with E-state index in [2.05, 4.69) is 10.4 Å². The van der Waals surface area contributed by atoms with Crippen molar-refractivity contribution in [2.75, 3.05) is 18.5 Å². The smallest absolute Gasteiger partial charge is 0.216 e. The molecular formula is C14H14ClN3O2. The molecule has 0 spiro atoms. The summed E-state index contributed by atoms with van der Waals surface area (Å²) in [5, 5.41) is 7.67. The van der Waals surface area contributed by atoms with Gasteiger partial charge in [0.25, 0.3) is 0 Å². The maximum atomic E-state index is 12.7. The second kappa shape index (κ2) is 5.17. The first-order valence-corrected chi connectivity index (χ1v) is 6.86. The number of anilines is 1. The molecule has 0 atom stereocenters. The molecule has 0 amide bonds. The van der Waals surface area contributed by atoms with Crippen molar-refractivity contribution in [3.05, 3.63) is 40.7 Å². The fourth-order valence-electron chi connectivity index (χ4n) is 2.30. The first-order chi connectivity index (χ1) is 9.72. The Bertz CT molecular complexity index is 666. The molecule has 0 saturated carbocycles. The summed E-state index contributed by atoms with van der Waals surface area (Å²) in [6, 6.07) is 5.47. The maximum Gasteiger partial charge on any atom is 0.216 e. The van der Waals surface area contributed by atoms with Crippen LogP contribution in [0.2, 0.25) is 5.02 Å². The average Bonchev–Trinajstić information content (AvgIpc) is 2.87. The van der Waals surface area contributed by atoms with Crippen molar-refractivity contribution < 1.29 is 9.53 Å². The van der Waals surface area contributed by atoms with Gasteiger partial charge >= 0.3 is 0 Å². The number of halogens is 1. The lowest BCUT2D eigenvalue weighted by Gasteiger charge is -2.21. The average molecular weight is 292 g/mol. The molecule has 1 aliphatic heterocycles. The van der Waals surface area contributed by atoms with E-state index in [9.17, 15) is 4.79 Å². The number of hydrogen-bond acceptors (Lipinski definition) is 4. The molecule has 0 unspecified atom stereocenters. The van der Waals surface area contributed by atoms with Gasteiger partial charge in [0.05, 0.1) is 22.5 Å². The van der Waals surface area contributed by atoms with Gasteiger partial charge in [0.15, 0.2) is 5.75 Å². The fraction of sp³-hybridized carbons (Fsp3) is 0.286. The van der Waals surface area contributed by atoms with Crippen LogP contribution in [0, 0.1) is 0 Å². The second-order valence-electron chi connectivity index (χ2n) is 4.44. The Kier molecular flexibility index (Phi) is 3.36. The molecular weight excluding hydrogens is 278 g/mol. The van der Waals surface area contributed by atoms with Crippen molar-refractivity contribution in [2.24, 2.45) is 0 Å². The Hall–Kier alpha value is -2.01. The minimum absolute atomic E-state index is 0.171. The van der Waals surface area contributed by atoms with E-state index in [1.807, 2.05) is 19.1 Å². The molecule has 6 heteroatoms. The van der Waals surface area contributed by atoms with E-state index in [1.54, 1.807) is 10.7 Å². The molecule has 5 nitrogen and oxygen atoms in total. The lowest BCUT2D eigenvalue weighted by atomic mass is 10.0. The molecule has 2 aromatic rings. The Morgan fingerprint density at radius 2 is 2.40 bits per heavy atom. The summed E-state index contributed by atoms with van der Waals surface area (Å²) in [7, 11) is 0. The van der Waals surface area contributed by atoms with Crippen LogP contribution in [0.15, 0.2) is 24.4 Å². The molecule has 1 N–H and O–H groups in total. The van der Waals surface area contributed by atoms with E-state index in [0.717, 1.165) is 12.2 Å². The number of hydrogen-bond donors (Lipinski definition) is 1. The van der Waals surface area contributed by atoms with Gasteiger partial charge in [-0.25, -0.2) is 0 Å². The number of fused-ring (bicyclic) bond motifs is 1. The third kappa shape index (κ3) is 2.04. The molecule has 0 aliphatic carbocycles. The number of carbonyl (C=O) groups is 1. The summed E-state index contributed by atoms with van der Waals surface area (Å²) in [5.41, 5.74) is 1.74. The van der Waals surface area contributed by atoms with Crippen LogP contribution < -0.4 is 10.1 Å². The van der Waals surface area contributed by atoms with Crippen molar-refractivity contribution in [3.8, 4) is 5.75 Å². The van der Waals surface area contributed by atoms with E-state index in [-0.39, 0.29) is 5.78 Å². The second-order valence-corrected chi connectivity index (χ2v) is 4.85. The van der Waals surface area contributed by atoms with Crippen LogP contribution in [0.4, 0.5) is 5.69 Å². The Labute approximate surface area is 121 Å². The Morgan fingerprint density at radius 1 is 1.55 bits per heavy atom. The first kappa shape index (κ1) is 13.0. The van der Waals surface area contributed by atoms with E-state index in [1.165, 1.54) is 6.20 Å². The van der Waals surface area contributed by atoms with Gasteiger partial charge in [-0.1, -0.05) is 17.7 Å². The number of rotatable bonds is 3. The van der Waals surface area contributed by atoms with Crippen LogP contribution in [0.3, 0.4) is 0 Å². The summed E-state index contributed by atoms with van der Waals surface area (Å²) in [6.07, 6.45) is 1.49. The number of aromatic nitrogens is 2. The van der Waals surface area contributed by atoms with E-state index in [0.29, 0.717) is 35.2 Å². The quantitative estimate of drug-likeness (QED) is 0.883. The highest BCUT2D eigenvalue weighted by atomic mass is 35.5. The first-order valence-electron chi connectivity index (χ1n) is 6.48. The third-order valence-electron chi connectivity index (χ3n) is 3.23. The highest BCUT2D eigenvalue weighted by Gasteiger charge is 2.24. The van der Waals surface area contributed by atoms with Gasteiger partial charge in [-0.3, -0.25) is 9.48 Å². The van der Waals surface area contributed by atoms with Crippen LogP contribution in [0.5, 0.6) is 5.75 Å². The predicted octanol–water partition coefficient (Wildman–Crippen LogP) is 2.59. The fourth-order valence-corrected chi connectivity index (χ4v) is 2.53. The van der Waals surface area contributed by atoms with Crippen LogP contribution >= 0.6 is 11.6 Å². The summed E-state index contributed by atoms with van der Waals surface area (Å²) < 4.78 is 7.23. The van der Waals surface area contributed by atoms with E-state index < -0.39 is 0 Å². The van der Waals surface area contributed by atoms with E-state index in [4.69, 9.17) is 16.3 Å². The minimum atomic E-state index is -0.171. The van der Waals surface area contributed by atoms with Crippen LogP contribution in [-0.2, 0) is 6.54 Å². The molecule has 104 valence electrons. The van der Waals surface area contributed by atoms with Gasteiger partial charge in [0.1, 0.15) is 12.3 Å². The summed E-state index contributed by atoms with van der Waals surface area (Å²) >= 11 is 6.09. The standard InChI is InChI=1S/C14H14ClN3O2/c1-2-18-12(10(15)8-17-18)13(19)9-4-3-5-11-14(9)20-7-6-16-11/h3-5,8,16H,2,6-7H2,1H3. The van der Waals surface area contributed by atoms with Gasteiger partial charge in [0, 0.05) is 13.1 Å². The molecule has 3 rings (SSSR count). The number of benzene rings is 1. The highest BCUT2D eigenvalue weighted by Crippen LogP contribution is 2.33. The van der Waals surface area contributed by atoms with Crippen molar-refractivity contribution >= 4 is 23.1 Å². The molecule has 0 saturated heterocycles. The topological polar surface area (TPSA) is 56.2 Å². The molecule has 20 heavy (non-hydrogen) atoms. The summed E-state index contributed by atoms with van der Waals surface area (Å²) in [6.45, 7) is 3.77. The van der Waals surface area contributed by atoms with Gasteiger partial charge in [-0.2, -0.15) is 5.10 Å². The normalized spacial score (nSPS) is 13.3. The van der Waals surface area contributed by atoms with E-state index >= 15 is 0 Å². The van der Waals surface area contributed by atoms with Gasteiger partial charge < -0.3 is 10.1 Å². The third-order valence-corrected chi connectivity index (χ3v) is 3.51. The van der Waals surface area contributed by atoms with Crippen molar-refractivity contribution in [1.29, 1.82) is 0 Å². The number of nitrogens with one attached hydrogen (secondary N) is 1. The zero-order valence-corrected chi connectivity index (χ0v) is 11.8. The zero-order chi connectivity index (χ0) is 14.1. The summed E-state index contributed by atoms with van der Waals surface area (Å²) in [5.74, 6) is 0.415. The molecule has 2 heterocycles. The van der Waals surface area contributed by atoms with Crippen molar-refractivity contribution in [1.82, 2.24) is 9.78 Å². The number of ketones is 1. The molecule has 1 aromatic carbocycles. The van der Waals surface area contributed by atoms with Crippen LogP contribution in [-0.4, -0.2) is 28.7 Å². The zero-order valence-electron chi connectivity index (χ0n) is 11.0. The molecule has 0 radical (unpaired) electrons. The Balaban J connectivity index is 2.09. The number of para-hydroxylation sites is 1. The minimum Gasteiger partial charge on any atom is -0.489 e. The molecule has 1 aliphatic rings. The van der Waals surface area contributed by atoms with Gasteiger partial charge in [-0.15, -0.1) is 0 Å². The SMILES string of the molecule is CCn1ncc(Cl)c1C(=O)c1cccc2c1OCCN2. The lowest BCUT2D eigenvalue weighted by Crippen LogP contribution is -2.21. The number of nitrogens with zero attached hydrogens (tertiary/aromatic N) is 2. The Morgan fingerprint density at radius 3 is 3.20 bits per heavy atom. The largest absolute Gasteiger partial charge is 0.489 e. The summed E-state index contributed by atoms with van der Waals surface area (Å²) in [4.78, 5) is 12.7. The number of aryl methyl sites for hydroxylation is 1. The number of ether oxygens (including phenoxy) is 1. The number of carbonyl (C=O) groups excluding carboxylic acids is 1. The van der Waals surface area contributed by atoms with Crippen LogP contribution in [0.25, 0.3) is 0 Å². The predicted molar refractivity (Wildman–Crippen MR) is 76.8 cm³/mol.